The zero-order chi connectivity index (χ0) is 12.3. The van der Waals surface area contributed by atoms with Gasteiger partial charge in [-0.1, -0.05) is 22.0 Å². The third-order valence-corrected chi connectivity index (χ3v) is 3.59. The van der Waals surface area contributed by atoms with Crippen molar-refractivity contribution in [3.05, 3.63) is 28.2 Å². The van der Waals surface area contributed by atoms with Crippen LogP contribution in [0.15, 0.2) is 22.7 Å². The highest BCUT2D eigenvalue weighted by molar-refractivity contribution is 9.10. The van der Waals surface area contributed by atoms with Gasteiger partial charge in [0.25, 0.3) is 0 Å². The van der Waals surface area contributed by atoms with Crippen molar-refractivity contribution < 1.29 is 4.74 Å². The molecule has 0 radical (unpaired) electrons. The van der Waals surface area contributed by atoms with Crippen molar-refractivity contribution >= 4 is 15.9 Å². The van der Waals surface area contributed by atoms with E-state index in [9.17, 15) is 0 Å². The molecule has 1 aromatic rings. The summed E-state index contributed by atoms with van der Waals surface area (Å²) >= 11 is 3.47. The molecular weight excluding hydrogens is 280 g/mol. The van der Waals surface area contributed by atoms with Crippen molar-refractivity contribution in [2.75, 3.05) is 26.7 Å². The Hall–Kier alpha value is -0.580. The third-order valence-electron chi connectivity index (χ3n) is 3.10. The summed E-state index contributed by atoms with van der Waals surface area (Å²) in [5, 5.41) is 3.46. The van der Waals surface area contributed by atoms with Crippen LogP contribution in [0.3, 0.4) is 0 Å². The van der Waals surface area contributed by atoms with Crippen LogP contribution in [0, 0.1) is 0 Å². The van der Waals surface area contributed by atoms with Crippen molar-refractivity contribution in [1.29, 1.82) is 0 Å². The highest BCUT2D eigenvalue weighted by atomic mass is 79.9. The summed E-state index contributed by atoms with van der Waals surface area (Å²) < 4.78 is 6.48. The van der Waals surface area contributed by atoms with Gasteiger partial charge in [-0.3, -0.25) is 4.90 Å². The molecular formula is C13H19BrN2O. The van der Waals surface area contributed by atoms with Gasteiger partial charge in [0.05, 0.1) is 7.11 Å². The lowest BCUT2D eigenvalue weighted by atomic mass is 10.1. The minimum absolute atomic E-state index is 0.574. The second-order valence-corrected chi connectivity index (χ2v) is 5.46. The molecule has 1 aromatic carbocycles. The van der Waals surface area contributed by atoms with E-state index in [1.807, 2.05) is 6.07 Å². The Morgan fingerprint density at radius 2 is 2.35 bits per heavy atom. The predicted octanol–water partition coefficient (Wildman–Crippen LogP) is 2.25. The molecule has 2 rings (SSSR count). The Kier molecular flexibility index (Phi) is 4.42. The van der Waals surface area contributed by atoms with Crippen LogP contribution in [0.5, 0.6) is 5.75 Å². The summed E-state index contributed by atoms with van der Waals surface area (Å²) in [4.78, 5) is 2.47. The fourth-order valence-electron chi connectivity index (χ4n) is 2.25. The summed E-state index contributed by atoms with van der Waals surface area (Å²) in [7, 11) is 1.73. The Morgan fingerprint density at radius 3 is 3.06 bits per heavy atom. The standard InChI is InChI=1S/C13H19BrN2O/c1-10-8-16(6-5-15-10)9-11-3-4-12(14)7-13(11)17-2/h3-4,7,10,15H,5-6,8-9H2,1-2H3. The van der Waals surface area contributed by atoms with Gasteiger partial charge in [-0.15, -0.1) is 0 Å². The molecule has 0 spiro atoms. The Bertz CT molecular complexity index is 384. The monoisotopic (exact) mass is 298 g/mol. The fourth-order valence-corrected chi connectivity index (χ4v) is 2.59. The molecule has 0 saturated carbocycles. The molecule has 3 nitrogen and oxygen atoms in total. The smallest absolute Gasteiger partial charge is 0.124 e. The van der Waals surface area contributed by atoms with Crippen molar-refractivity contribution in [1.82, 2.24) is 10.2 Å². The number of halogens is 1. The highest BCUT2D eigenvalue weighted by Crippen LogP contribution is 2.24. The van der Waals surface area contributed by atoms with Gasteiger partial charge in [0.2, 0.25) is 0 Å². The number of hydrogen-bond acceptors (Lipinski definition) is 3. The zero-order valence-corrected chi connectivity index (χ0v) is 12.0. The topological polar surface area (TPSA) is 24.5 Å². The Balaban J connectivity index is 2.07. The fraction of sp³-hybridized carbons (Fsp3) is 0.538. The molecule has 1 atom stereocenters. The summed E-state index contributed by atoms with van der Waals surface area (Å²) in [6.45, 7) is 6.45. The van der Waals surface area contributed by atoms with Gasteiger partial charge in [-0.05, 0) is 19.1 Å². The number of ether oxygens (including phenoxy) is 1. The van der Waals surface area contributed by atoms with Gasteiger partial charge in [0.15, 0.2) is 0 Å². The molecule has 1 aliphatic heterocycles. The first kappa shape index (κ1) is 12.9. The molecule has 1 aliphatic rings. The average molecular weight is 299 g/mol. The summed E-state index contributed by atoms with van der Waals surface area (Å²) in [6, 6.07) is 6.81. The second kappa shape index (κ2) is 5.85. The minimum Gasteiger partial charge on any atom is -0.496 e. The van der Waals surface area contributed by atoms with E-state index in [0.717, 1.165) is 36.4 Å². The van der Waals surface area contributed by atoms with E-state index in [1.54, 1.807) is 7.11 Å². The normalized spacial score (nSPS) is 21.5. The van der Waals surface area contributed by atoms with Gasteiger partial charge in [0, 0.05) is 42.3 Å². The van der Waals surface area contributed by atoms with Crippen molar-refractivity contribution in [2.45, 2.75) is 19.5 Å². The van der Waals surface area contributed by atoms with Crippen LogP contribution >= 0.6 is 15.9 Å². The number of rotatable bonds is 3. The zero-order valence-electron chi connectivity index (χ0n) is 10.4. The lowest BCUT2D eigenvalue weighted by molar-refractivity contribution is 0.197. The van der Waals surface area contributed by atoms with E-state index in [0.29, 0.717) is 6.04 Å². The summed E-state index contributed by atoms with van der Waals surface area (Å²) in [6.07, 6.45) is 0. The van der Waals surface area contributed by atoms with Gasteiger partial charge in [0.1, 0.15) is 5.75 Å². The Morgan fingerprint density at radius 1 is 1.53 bits per heavy atom. The summed E-state index contributed by atoms with van der Waals surface area (Å²) in [5.41, 5.74) is 1.25. The van der Waals surface area contributed by atoms with Crippen LogP contribution < -0.4 is 10.1 Å². The van der Waals surface area contributed by atoms with Crippen LogP contribution in [0.25, 0.3) is 0 Å². The maximum atomic E-state index is 5.42. The van der Waals surface area contributed by atoms with E-state index in [4.69, 9.17) is 4.74 Å². The molecule has 0 amide bonds. The van der Waals surface area contributed by atoms with Crippen LogP contribution in [0.2, 0.25) is 0 Å². The van der Waals surface area contributed by atoms with Gasteiger partial charge >= 0.3 is 0 Å². The molecule has 17 heavy (non-hydrogen) atoms. The molecule has 0 aromatic heterocycles. The molecule has 1 saturated heterocycles. The lowest BCUT2D eigenvalue weighted by Crippen LogP contribution is -2.48. The van der Waals surface area contributed by atoms with E-state index in [1.165, 1.54) is 5.56 Å². The number of nitrogens with zero attached hydrogens (tertiary/aromatic N) is 1. The second-order valence-electron chi connectivity index (χ2n) is 4.55. The van der Waals surface area contributed by atoms with Crippen LogP contribution in [-0.2, 0) is 6.54 Å². The molecule has 0 bridgehead atoms. The van der Waals surface area contributed by atoms with E-state index in [-0.39, 0.29) is 0 Å². The first-order valence-electron chi connectivity index (χ1n) is 5.97. The van der Waals surface area contributed by atoms with E-state index < -0.39 is 0 Å². The predicted molar refractivity (Wildman–Crippen MR) is 73.4 cm³/mol. The molecule has 1 heterocycles. The third kappa shape index (κ3) is 3.44. The quantitative estimate of drug-likeness (QED) is 0.926. The SMILES string of the molecule is COc1cc(Br)ccc1CN1CCNC(C)C1. The number of benzene rings is 1. The summed E-state index contributed by atoms with van der Waals surface area (Å²) in [5.74, 6) is 0.963. The van der Waals surface area contributed by atoms with Crippen molar-refractivity contribution in [3.8, 4) is 5.75 Å². The van der Waals surface area contributed by atoms with Crippen LogP contribution in [0.1, 0.15) is 12.5 Å². The maximum Gasteiger partial charge on any atom is 0.124 e. The Labute approximate surface area is 111 Å². The minimum atomic E-state index is 0.574. The molecule has 4 heteroatoms. The molecule has 1 unspecified atom stereocenters. The first-order valence-corrected chi connectivity index (χ1v) is 6.76. The number of methoxy groups -OCH3 is 1. The van der Waals surface area contributed by atoms with E-state index >= 15 is 0 Å². The van der Waals surface area contributed by atoms with E-state index in [2.05, 4.69) is 45.2 Å². The molecule has 1 N–H and O–H groups in total. The van der Waals surface area contributed by atoms with Crippen LogP contribution in [-0.4, -0.2) is 37.7 Å². The molecule has 1 fully saturated rings. The van der Waals surface area contributed by atoms with Gasteiger partial charge in [-0.2, -0.15) is 0 Å². The number of hydrogen-bond donors (Lipinski definition) is 1. The molecule has 94 valence electrons. The first-order chi connectivity index (χ1) is 8.19. The lowest BCUT2D eigenvalue weighted by Gasteiger charge is -2.32. The van der Waals surface area contributed by atoms with Gasteiger partial charge in [-0.25, -0.2) is 0 Å². The molecule has 0 aliphatic carbocycles. The van der Waals surface area contributed by atoms with Gasteiger partial charge < -0.3 is 10.1 Å². The maximum absolute atomic E-state index is 5.42. The highest BCUT2D eigenvalue weighted by Gasteiger charge is 2.16. The van der Waals surface area contributed by atoms with Crippen molar-refractivity contribution in [2.24, 2.45) is 0 Å². The van der Waals surface area contributed by atoms with Crippen molar-refractivity contribution in [3.63, 3.8) is 0 Å². The average Bonchev–Trinajstić information content (AvgIpc) is 2.31. The number of nitrogens with one attached hydrogen (secondary N) is 1. The largest absolute Gasteiger partial charge is 0.496 e. The number of piperazine rings is 1. The van der Waals surface area contributed by atoms with Crippen LogP contribution in [0.4, 0.5) is 0 Å².